The van der Waals surface area contributed by atoms with Crippen molar-refractivity contribution in [2.24, 2.45) is 0 Å². The number of ether oxygens (including phenoxy) is 1. The summed E-state index contributed by atoms with van der Waals surface area (Å²) < 4.78 is 5.25. The van der Waals surface area contributed by atoms with Crippen LogP contribution in [0.4, 0.5) is 5.13 Å². The van der Waals surface area contributed by atoms with Gasteiger partial charge in [-0.3, -0.25) is 4.79 Å². The van der Waals surface area contributed by atoms with E-state index in [1.165, 1.54) is 17.4 Å². The molecule has 4 nitrogen and oxygen atoms in total. The van der Waals surface area contributed by atoms with Crippen molar-refractivity contribution in [1.82, 2.24) is 4.98 Å². The van der Waals surface area contributed by atoms with Gasteiger partial charge in [0.25, 0.3) is 0 Å². The Hall–Kier alpha value is -1.36. The van der Waals surface area contributed by atoms with E-state index in [1.54, 1.807) is 18.4 Å². The minimum absolute atomic E-state index is 0. The molecule has 1 aliphatic rings. The number of rotatable bonds is 2. The molecule has 0 spiro atoms. The fourth-order valence-corrected chi connectivity index (χ4v) is 3.34. The van der Waals surface area contributed by atoms with Gasteiger partial charge in [0.05, 0.1) is 12.8 Å². The van der Waals surface area contributed by atoms with Gasteiger partial charge >= 0.3 is 17.1 Å². The van der Waals surface area contributed by atoms with Crippen molar-refractivity contribution in [3.05, 3.63) is 28.6 Å². The Morgan fingerprint density at radius 1 is 1.40 bits per heavy atom. The number of nitrogens with one attached hydrogen (secondary N) is 1. The van der Waals surface area contributed by atoms with Crippen molar-refractivity contribution in [3.8, 4) is 17.0 Å². The van der Waals surface area contributed by atoms with E-state index in [1.807, 2.05) is 12.1 Å². The number of methoxy groups -OCH3 is 1. The predicted octanol–water partition coefficient (Wildman–Crippen LogP) is 2.87. The van der Waals surface area contributed by atoms with Crippen LogP contribution < -0.4 is 10.1 Å². The molecule has 0 atom stereocenters. The third-order valence-electron chi connectivity index (χ3n) is 3.17. The van der Waals surface area contributed by atoms with Crippen LogP contribution in [0.2, 0.25) is 0 Å². The van der Waals surface area contributed by atoms with Gasteiger partial charge in [0.2, 0.25) is 5.91 Å². The molecule has 0 fully saturated rings. The van der Waals surface area contributed by atoms with Gasteiger partial charge in [0, 0.05) is 17.4 Å². The number of amides is 1. The zero-order valence-corrected chi connectivity index (χ0v) is 13.2. The molecule has 1 aliphatic carbocycles. The minimum Gasteiger partial charge on any atom is -0.497 e. The molecule has 1 aromatic carbocycles. The van der Waals surface area contributed by atoms with Gasteiger partial charge in [0.1, 0.15) is 5.75 Å². The third-order valence-corrected chi connectivity index (χ3v) is 4.20. The summed E-state index contributed by atoms with van der Waals surface area (Å²) >= 11 is 1.56. The van der Waals surface area contributed by atoms with Crippen LogP contribution in [0.1, 0.15) is 17.4 Å². The second-order valence-electron chi connectivity index (χ2n) is 4.50. The second kappa shape index (κ2) is 5.95. The Morgan fingerprint density at radius 2 is 2.20 bits per heavy atom. The first-order chi connectivity index (χ1) is 9.17. The third kappa shape index (κ3) is 2.73. The maximum Gasteiger partial charge on any atom is 2.00 e. The topological polar surface area (TPSA) is 51.2 Å². The van der Waals surface area contributed by atoms with E-state index in [4.69, 9.17) is 4.74 Å². The molecule has 6 heteroatoms. The van der Waals surface area contributed by atoms with Crippen molar-refractivity contribution in [1.29, 1.82) is 0 Å². The molecule has 2 aromatic rings. The molecule has 0 aliphatic heterocycles. The fraction of sp³-hybridized carbons (Fsp3) is 0.286. The zero-order chi connectivity index (χ0) is 13.4. The summed E-state index contributed by atoms with van der Waals surface area (Å²) in [5.41, 5.74) is 3.40. The van der Waals surface area contributed by atoms with Crippen molar-refractivity contribution >= 4 is 22.4 Å². The Morgan fingerprint density at radius 3 is 2.90 bits per heavy atom. The predicted molar refractivity (Wildman–Crippen MR) is 75.8 cm³/mol. The Kier molecular flexibility index (Phi) is 4.48. The number of hydrogen-bond acceptors (Lipinski definition) is 4. The van der Waals surface area contributed by atoms with Crippen molar-refractivity contribution in [3.63, 3.8) is 0 Å². The summed E-state index contributed by atoms with van der Waals surface area (Å²) in [7, 11) is 1.67. The number of carbonyl (C=O) groups excluding carboxylic acids is 1. The number of benzene rings is 1. The molecule has 20 heavy (non-hydrogen) atoms. The van der Waals surface area contributed by atoms with Crippen molar-refractivity contribution in [2.45, 2.75) is 19.8 Å². The molecule has 1 N–H and O–H groups in total. The van der Waals surface area contributed by atoms with Crippen molar-refractivity contribution < 1.29 is 26.6 Å². The van der Waals surface area contributed by atoms with Gasteiger partial charge in [-0.2, -0.15) is 0 Å². The van der Waals surface area contributed by atoms with Crippen LogP contribution in [-0.2, 0) is 34.7 Å². The number of aryl methyl sites for hydroxylation is 2. The van der Waals surface area contributed by atoms with Crippen LogP contribution in [-0.4, -0.2) is 18.0 Å². The van der Waals surface area contributed by atoms with Gasteiger partial charge < -0.3 is 10.1 Å². The SMILES string of the molecule is COc1ccc2c(c1)CCc1sc(NC(C)=O)nc1-2.[Mn+2]. The van der Waals surface area contributed by atoms with Gasteiger partial charge in [0.15, 0.2) is 5.13 Å². The summed E-state index contributed by atoms with van der Waals surface area (Å²) in [4.78, 5) is 16.9. The normalized spacial score (nSPS) is 11.9. The average Bonchev–Trinajstić information content (AvgIpc) is 2.79. The van der Waals surface area contributed by atoms with E-state index in [-0.39, 0.29) is 23.0 Å². The number of fused-ring (bicyclic) bond motifs is 3. The standard InChI is InChI=1S/C14H14N2O2S.Mn/c1-8(17)15-14-16-13-11-5-4-10(18-2)7-9(11)3-6-12(13)19-14;/h4-5,7H,3,6H2,1-2H3,(H,15,16,17);/q;+2. The number of aromatic nitrogens is 1. The Labute approximate surface area is 132 Å². The summed E-state index contributed by atoms with van der Waals surface area (Å²) in [6.45, 7) is 1.50. The van der Waals surface area contributed by atoms with E-state index in [2.05, 4.69) is 16.4 Å². The first-order valence-corrected chi connectivity index (χ1v) is 6.93. The molecule has 0 saturated heterocycles. The van der Waals surface area contributed by atoms with Crippen LogP contribution in [0.3, 0.4) is 0 Å². The number of hydrogen-bond donors (Lipinski definition) is 1. The van der Waals surface area contributed by atoms with E-state index in [0.29, 0.717) is 5.13 Å². The molecule has 103 valence electrons. The van der Waals surface area contributed by atoms with Crippen LogP contribution in [0.25, 0.3) is 11.3 Å². The molecule has 1 heterocycles. The Bertz CT molecular complexity index is 655. The summed E-state index contributed by atoms with van der Waals surface area (Å²) in [6, 6.07) is 6.06. The van der Waals surface area contributed by atoms with Crippen LogP contribution in [0, 0.1) is 0 Å². The second-order valence-corrected chi connectivity index (χ2v) is 5.58. The van der Waals surface area contributed by atoms with Crippen LogP contribution >= 0.6 is 11.3 Å². The Balaban J connectivity index is 0.00000147. The smallest absolute Gasteiger partial charge is 0.497 e. The van der Waals surface area contributed by atoms with Crippen LogP contribution in [0.15, 0.2) is 18.2 Å². The molecule has 1 radical (unpaired) electrons. The van der Waals surface area contributed by atoms with Gasteiger partial charge in [-0.1, -0.05) is 0 Å². The molecule has 1 aromatic heterocycles. The first-order valence-electron chi connectivity index (χ1n) is 6.12. The minimum atomic E-state index is -0.0824. The number of nitrogens with zero attached hydrogens (tertiary/aromatic N) is 1. The molecule has 1 amide bonds. The summed E-state index contributed by atoms with van der Waals surface area (Å²) in [5.74, 6) is 0.792. The summed E-state index contributed by atoms with van der Waals surface area (Å²) in [6.07, 6.45) is 1.95. The fourth-order valence-electron chi connectivity index (χ4n) is 2.32. The van der Waals surface area contributed by atoms with Crippen LogP contribution in [0.5, 0.6) is 5.75 Å². The first kappa shape index (κ1) is 15.0. The largest absolute Gasteiger partial charge is 2.00 e. The molecule has 0 unspecified atom stereocenters. The molecule has 3 rings (SSSR count). The monoisotopic (exact) mass is 329 g/mol. The molecular weight excluding hydrogens is 315 g/mol. The van der Waals surface area contributed by atoms with Gasteiger partial charge in [-0.25, -0.2) is 4.98 Å². The zero-order valence-electron chi connectivity index (χ0n) is 11.2. The van der Waals surface area contributed by atoms with E-state index in [9.17, 15) is 4.79 Å². The quantitative estimate of drug-likeness (QED) is 0.862. The van der Waals surface area contributed by atoms with E-state index >= 15 is 0 Å². The van der Waals surface area contributed by atoms with Gasteiger partial charge in [-0.05, 0) is 36.6 Å². The maximum atomic E-state index is 11.1. The maximum absolute atomic E-state index is 11.1. The van der Waals surface area contributed by atoms with Gasteiger partial charge in [-0.15, -0.1) is 11.3 Å². The number of anilines is 1. The molecular formula is C14H14MnN2O2S+2. The number of thiazole rings is 1. The molecule has 0 saturated carbocycles. The summed E-state index contributed by atoms with van der Waals surface area (Å²) in [5, 5.41) is 3.44. The van der Waals surface area contributed by atoms with E-state index in [0.717, 1.165) is 29.8 Å². The van der Waals surface area contributed by atoms with Crippen molar-refractivity contribution in [2.75, 3.05) is 12.4 Å². The van der Waals surface area contributed by atoms with E-state index < -0.39 is 0 Å². The average molecular weight is 329 g/mol. The number of carbonyl (C=O) groups is 1. The molecule has 0 bridgehead atoms.